The summed E-state index contributed by atoms with van der Waals surface area (Å²) in [5.74, 6) is -0.761. The summed E-state index contributed by atoms with van der Waals surface area (Å²) in [4.78, 5) is 25.2. The molecule has 8 nitrogen and oxygen atoms in total. The molecule has 31 heavy (non-hydrogen) atoms. The van der Waals surface area contributed by atoms with Crippen LogP contribution in [0.3, 0.4) is 0 Å². The highest BCUT2D eigenvalue weighted by Crippen LogP contribution is 2.27. The lowest BCUT2D eigenvalue weighted by Crippen LogP contribution is -2.40. The maximum atomic E-state index is 12.9. The molecule has 0 heterocycles. The summed E-state index contributed by atoms with van der Waals surface area (Å²) in [5, 5.41) is 5.47. The second-order valence-corrected chi connectivity index (χ2v) is 10.00. The van der Waals surface area contributed by atoms with Crippen LogP contribution in [0.4, 0.5) is 5.69 Å². The quantitative estimate of drug-likeness (QED) is 0.603. The fourth-order valence-corrected chi connectivity index (χ4v) is 4.43. The molecule has 0 aliphatic heterocycles. The fourth-order valence-electron chi connectivity index (χ4n) is 2.81. The number of nitrogens with one attached hydrogen (secondary N) is 3. The van der Waals surface area contributed by atoms with E-state index in [0.717, 1.165) is 0 Å². The summed E-state index contributed by atoms with van der Waals surface area (Å²) in [6.45, 7) is 8.82. The number of hydrogen-bond acceptors (Lipinski definition) is 5. The van der Waals surface area contributed by atoms with E-state index in [2.05, 4.69) is 15.4 Å². The summed E-state index contributed by atoms with van der Waals surface area (Å²) in [6, 6.07) is 10.7. The highest BCUT2D eigenvalue weighted by molar-refractivity contribution is 7.89. The molecule has 2 amide bonds. The molecule has 0 aromatic heterocycles. The molecule has 0 aliphatic carbocycles. The predicted octanol–water partition coefficient (Wildman–Crippen LogP) is 3.16. The Balaban J connectivity index is 2.39. The number of rotatable bonds is 7. The molecular weight excluding hydrogens is 418 g/mol. The molecule has 0 aliphatic rings. The number of carbonyl (C=O) groups is 2. The number of amides is 2. The average molecular weight is 448 g/mol. The Labute approximate surface area is 183 Å². The Hall–Kier alpha value is -2.91. The Morgan fingerprint density at radius 1 is 1.00 bits per heavy atom. The van der Waals surface area contributed by atoms with Crippen molar-refractivity contribution in [2.75, 3.05) is 12.4 Å². The van der Waals surface area contributed by atoms with Crippen LogP contribution < -0.4 is 20.1 Å². The number of para-hydroxylation sites is 1. The standard InChI is InChI=1S/C22H29N3O5S/c1-14(2)23-21(27)16-9-7-8-10-17(16)24-20(26)15-11-12-18(30-6)19(13-15)31(28,29)25-22(3,4)5/h7-14,25H,1-6H3,(H,23,27)(H,24,26). The van der Waals surface area contributed by atoms with Gasteiger partial charge in [0.25, 0.3) is 11.8 Å². The van der Waals surface area contributed by atoms with Gasteiger partial charge in [0.05, 0.1) is 18.4 Å². The van der Waals surface area contributed by atoms with Crippen LogP contribution in [0, 0.1) is 0 Å². The van der Waals surface area contributed by atoms with Gasteiger partial charge in [0.15, 0.2) is 0 Å². The van der Waals surface area contributed by atoms with Crippen molar-refractivity contribution in [2.24, 2.45) is 0 Å². The molecule has 0 spiro atoms. The summed E-state index contributed by atoms with van der Waals surface area (Å²) in [6.07, 6.45) is 0. The summed E-state index contributed by atoms with van der Waals surface area (Å²) < 4.78 is 33.4. The van der Waals surface area contributed by atoms with Crippen LogP contribution in [-0.4, -0.2) is 38.9 Å². The van der Waals surface area contributed by atoms with Gasteiger partial charge in [-0.05, 0) is 65.0 Å². The van der Waals surface area contributed by atoms with Gasteiger partial charge in [-0.15, -0.1) is 0 Å². The Morgan fingerprint density at radius 2 is 1.65 bits per heavy atom. The zero-order chi connectivity index (χ0) is 23.4. The summed E-state index contributed by atoms with van der Waals surface area (Å²) in [5.41, 5.74) is 0.0123. The first-order valence-corrected chi connectivity index (χ1v) is 11.3. The van der Waals surface area contributed by atoms with Crippen LogP contribution >= 0.6 is 0 Å². The zero-order valence-corrected chi connectivity index (χ0v) is 19.4. The molecule has 3 N–H and O–H groups in total. The molecule has 2 rings (SSSR count). The normalized spacial score (nSPS) is 11.8. The first-order valence-electron chi connectivity index (χ1n) is 9.77. The molecule has 0 atom stereocenters. The van der Waals surface area contributed by atoms with E-state index in [1.165, 1.54) is 25.3 Å². The number of carbonyl (C=O) groups excluding carboxylic acids is 2. The Bertz CT molecular complexity index is 1070. The van der Waals surface area contributed by atoms with Crippen LogP contribution in [-0.2, 0) is 10.0 Å². The number of methoxy groups -OCH3 is 1. The Kier molecular flexibility index (Phi) is 7.45. The van der Waals surface area contributed by atoms with Crippen LogP contribution in [0.25, 0.3) is 0 Å². The van der Waals surface area contributed by atoms with Gasteiger partial charge in [-0.2, -0.15) is 0 Å². The average Bonchev–Trinajstić information content (AvgIpc) is 2.65. The molecule has 2 aromatic carbocycles. The van der Waals surface area contributed by atoms with E-state index < -0.39 is 21.5 Å². The van der Waals surface area contributed by atoms with Crippen LogP contribution in [0.2, 0.25) is 0 Å². The molecule has 0 saturated heterocycles. The largest absolute Gasteiger partial charge is 0.495 e. The van der Waals surface area contributed by atoms with E-state index in [9.17, 15) is 18.0 Å². The molecule has 0 bridgehead atoms. The van der Waals surface area contributed by atoms with Crippen molar-refractivity contribution >= 4 is 27.5 Å². The van der Waals surface area contributed by atoms with Gasteiger partial charge in [-0.1, -0.05) is 12.1 Å². The summed E-state index contributed by atoms with van der Waals surface area (Å²) in [7, 11) is -2.59. The van der Waals surface area contributed by atoms with Crippen molar-refractivity contribution < 1.29 is 22.7 Å². The third-order valence-corrected chi connectivity index (χ3v) is 5.77. The van der Waals surface area contributed by atoms with Gasteiger partial charge < -0.3 is 15.4 Å². The number of ether oxygens (including phenoxy) is 1. The van der Waals surface area contributed by atoms with Crippen LogP contribution in [0.15, 0.2) is 47.4 Å². The summed E-state index contributed by atoms with van der Waals surface area (Å²) >= 11 is 0. The lowest BCUT2D eigenvalue weighted by Gasteiger charge is -2.21. The van der Waals surface area contributed by atoms with Gasteiger partial charge in [0.1, 0.15) is 10.6 Å². The van der Waals surface area contributed by atoms with E-state index >= 15 is 0 Å². The monoisotopic (exact) mass is 447 g/mol. The molecule has 0 saturated carbocycles. The first kappa shape index (κ1) is 24.4. The third-order valence-electron chi connectivity index (χ3n) is 4.00. The number of sulfonamides is 1. The van der Waals surface area contributed by atoms with Gasteiger partial charge in [-0.25, -0.2) is 13.1 Å². The van der Waals surface area contributed by atoms with Gasteiger partial charge in [0, 0.05) is 17.1 Å². The molecule has 0 unspecified atom stereocenters. The molecular formula is C22H29N3O5S. The van der Waals surface area contributed by atoms with Crippen molar-refractivity contribution in [3.05, 3.63) is 53.6 Å². The van der Waals surface area contributed by atoms with Crippen molar-refractivity contribution in [1.29, 1.82) is 0 Å². The Morgan fingerprint density at radius 3 is 2.23 bits per heavy atom. The maximum absolute atomic E-state index is 12.9. The molecule has 168 valence electrons. The lowest BCUT2D eigenvalue weighted by molar-refractivity contribution is 0.0944. The predicted molar refractivity (Wildman–Crippen MR) is 120 cm³/mol. The van der Waals surface area contributed by atoms with E-state index in [1.807, 2.05) is 13.8 Å². The lowest BCUT2D eigenvalue weighted by atomic mass is 10.1. The SMILES string of the molecule is COc1ccc(C(=O)Nc2ccccc2C(=O)NC(C)C)cc1S(=O)(=O)NC(C)(C)C. The fraction of sp³-hybridized carbons (Fsp3) is 0.364. The molecule has 2 aromatic rings. The van der Waals surface area contributed by atoms with Crippen molar-refractivity contribution in [3.8, 4) is 5.75 Å². The third kappa shape index (κ3) is 6.53. The van der Waals surface area contributed by atoms with Gasteiger partial charge >= 0.3 is 0 Å². The molecule has 0 fully saturated rings. The second kappa shape index (κ2) is 9.49. The molecule has 9 heteroatoms. The maximum Gasteiger partial charge on any atom is 0.255 e. The minimum Gasteiger partial charge on any atom is -0.495 e. The highest BCUT2D eigenvalue weighted by atomic mass is 32.2. The smallest absolute Gasteiger partial charge is 0.255 e. The topological polar surface area (TPSA) is 114 Å². The van der Waals surface area contributed by atoms with Gasteiger partial charge in [0.2, 0.25) is 10.0 Å². The van der Waals surface area contributed by atoms with E-state index in [-0.39, 0.29) is 28.2 Å². The van der Waals surface area contributed by atoms with Crippen LogP contribution in [0.1, 0.15) is 55.3 Å². The van der Waals surface area contributed by atoms with Crippen molar-refractivity contribution in [2.45, 2.75) is 51.1 Å². The van der Waals surface area contributed by atoms with Gasteiger partial charge in [-0.3, -0.25) is 9.59 Å². The van der Waals surface area contributed by atoms with Crippen molar-refractivity contribution in [3.63, 3.8) is 0 Å². The molecule has 0 radical (unpaired) electrons. The number of hydrogen-bond donors (Lipinski definition) is 3. The van der Waals surface area contributed by atoms with E-state index in [4.69, 9.17) is 4.74 Å². The van der Waals surface area contributed by atoms with Crippen LogP contribution in [0.5, 0.6) is 5.75 Å². The van der Waals surface area contributed by atoms with Crippen molar-refractivity contribution in [1.82, 2.24) is 10.0 Å². The zero-order valence-electron chi connectivity index (χ0n) is 18.6. The minimum atomic E-state index is -3.94. The number of benzene rings is 2. The minimum absolute atomic E-state index is 0.0686. The highest BCUT2D eigenvalue weighted by Gasteiger charge is 2.26. The van der Waals surface area contributed by atoms with E-state index in [0.29, 0.717) is 11.3 Å². The van der Waals surface area contributed by atoms with E-state index in [1.54, 1.807) is 45.0 Å². The second-order valence-electron chi connectivity index (χ2n) is 8.35. The number of anilines is 1. The first-order chi connectivity index (χ1) is 14.3.